The monoisotopic (exact) mass is 1200 g/mol. The Hall–Kier alpha value is -3.81. The minimum absolute atomic E-state index is 0.154. The number of aliphatic hydroxyl groups excluding tert-OH is 11. The van der Waals surface area contributed by atoms with Crippen molar-refractivity contribution in [1.82, 2.24) is 5.32 Å². The summed E-state index contributed by atoms with van der Waals surface area (Å²) in [5.74, 6) is -0.342. The highest BCUT2D eigenvalue weighted by Gasteiger charge is 2.53. The largest absolute Gasteiger partial charge is 0.394 e. The number of rotatable bonds is 44. The molecule has 85 heavy (non-hydrogen) atoms. The van der Waals surface area contributed by atoms with Crippen molar-refractivity contribution in [2.45, 2.75) is 259 Å². The van der Waals surface area contributed by atoms with Gasteiger partial charge in [-0.25, -0.2) is 0 Å². The molecule has 0 bridgehead atoms. The molecule has 3 fully saturated rings. The van der Waals surface area contributed by atoms with Gasteiger partial charge in [-0.2, -0.15) is 0 Å². The Kier molecular flexibility index (Phi) is 41.9. The number of allylic oxidation sites excluding steroid dienone is 19. The molecule has 3 aliphatic heterocycles. The fourth-order valence-electron chi connectivity index (χ4n) is 9.66. The first-order valence-electron chi connectivity index (χ1n) is 31.3. The lowest BCUT2D eigenvalue weighted by molar-refractivity contribution is -0.379. The van der Waals surface area contributed by atoms with Crippen LogP contribution < -0.4 is 5.32 Å². The fraction of sp³-hybridized carbons (Fsp3) is 0.682. The van der Waals surface area contributed by atoms with E-state index < -0.39 is 124 Å². The number of hydrogen-bond acceptors (Lipinski definition) is 18. The van der Waals surface area contributed by atoms with Crippen molar-refractivity contribution in [2.24, 2.45) is 0 Å². The van der Waals surface area contributed by atoms with Crippen LogP contribution in [0, 0.1) is 0 Å². The second-order valence-electron chi connectivity index (χ2n) is 21.8. The zero-order chi connectivity index (χ0) is 61.9. The molecule has 19 nitrogen and oxygen atoms in total. The van der Waals surface area contributed by atoms with Crippen LogP contribution in [0.2, 0.25) is 0 Å². The first-order valence-corrected chi connectivity index (χ1v) is 31.3. The molecule has 484 valence electrons. The molecule has 3 rings (SSSR count). The third-order valence-electron chi connectivity index (χ3n) is 14.8. The van der Waals surface area contributed by atoms with Crippen molar-refractivity contribution >= 4 is 5.91 Å². The number of carbonyl (C=O) groups is 1. The number of nitrogens with one attached hydrogen (secondary N) is 1. The van der Waals surface area contributed by atoms with Crippen molar-refractivity contribution in [3.63, 3.8) is 0 Å². The maximum absolute atomic E-state index is 13.3. The van der Waals surface area contributed by atoms with Gasteiger partial charge in [0.05, 0.1) is 38.6 Å². The lowest BCUT2D eigenvalue weighted by Crippen LogP contribution is -2.66. The summed E-state index contributed by atoms with van der Waals surface area (Å²) in [5, 5.41) is 120. The Labute approximate surface area is 506 Å². The number of unbranched alkanes of at least 4 members (excludes halogenated alkanes) is 10. The van der Waals surface area contributed by atoms with Crippen molar-refractivity contribution in [1.29, 1.82) is 0 Å². The SMILES string of the molecule is CC/C=C\C/C=C\C/C=C\C/C=C\C/C=C\C/C=C\C/C=C\C/C=C\C/C=C\CCCC(=O)NC(COC1OC(CO)C(OC2OC(CO)C(OC3OC(CO)C(O)C(O)C3O)C(O)C2O)C(O)C1O)C(O)/C=C/CCCCCCCCCCC. The van der Waals surface area contributed by atoms with Gasteiger partial charge >= 0.3 is 0 Å². The van der Waals surface area contributed by atoms with E-state index in [-0.39, 0.29) is 18.9 Å². The minimum Gasteiger partial charge on any atom is -0.394 e. The molecule has 0 radical (unpaired) electrons. The van der Waals surface area contributed by atoms with E-state index >= 15 is 0 Å². The smallest absolute Gasteiger partial charge is 0.220 e. The number of ether oxygens (including phenoxy) is 6. The van der Waals surface area contributed by atoms with Gasteiger partial charge < -0.3 is 89.9 Å². The lowest BCUT2D eigenvalue weighted by atomic mass is 9.96. The average molecular weight is 1200 g/mol. The van der Waals surface area contributed by atoms with Crippen molar-refractivity contribution in [3.8, 4) is 0 Å². The summed E-state index contributed by atoms with van der Waals surface area (Å²) < 4.78 is 34.2. The van der Waals surface area contributed by atoms with E-state index in [1.54, 1.807) is 6.08 Å². The van der Waals surface area contributed by atoms with Crippen molar-refractivity contribution in [2.75, 3.05) is 26.4 Å². The fourth-order valence-corrected chi connectivity index (χ4v) is 9.66. The molecule has 3 saturated heterocycles. The van der Waals surface area contributed by atoms with Gasteiger partial charge in [0, 0.05) is 6.42 Å². The van der Waals surface area contributed by atoms with Crippen molar-refractivity contribution < 1.29 is 89.4 Å². The Balaban J connectivity index is 1.46. The van der Waals surface area contributed by atoms with Gasteiger partial charge in [-0.3, -0.25) is 4.79 Å². The summed E-state index contributed by atoms with van der Waals surface area (Å²) in [6.45, 7) is 1.51. The predicted octanol–water partition coefficient (Wildman–Crippen LogP) is 6.48. The van der Waals surface area contributed by atoms with Crippen LogP contribution in [0.4, 0.5) is 0 Å². The number of amides is 1. The van der Waals surface area contributed by atoms with E-state index in [0.29, 0.717) is 12.8 Å². The molecule has 3 aliphatic rings. The number of aliphatic hydroxyl groups is 11. The van der Waals surface area contributed by atoms with Crippen LogP contribution in [-0.2, 0) is 33.2 Å². The molecule has 0 saturated carbocycles. The van der Waals surface area contributed by atoms with Gasteiger partial charge in [-0.15, -0.1) is 0 Å². The molecule has 19 heteroatoms. The Morgan fingerprint density at radius 1 is 0.435 bits per heavy atom. The normalized spacial score (nSPS) is 29.8. The molecular weight excluding hydrogens is 1090 g/mol. The topological polar surface area (TPSA) is 307 Å². The van der Waals surface area contributed by atoms with Crippen LogP contribution in [0.1, 0.15) is 155 Å². The van der Waals surface area contributed by atoms with Crippen LogP contribution in [0.5, 0.6) is 0 Å². The summed E-state index contributed by atoms with van der Waals surface area (Å²) in [6, 6.07) is -1.01. The third kappa shape index (κ3) is 30.3. The molecule has 1 amide bonds. The molecule has 12 N–H and O–H groups in total. The molecule has 0 spiro atoms. The third-order valence-corrected chi connectivity index (χ3v) is 14.8. The minimum atomic E-state index is -1.99. The Morgan fingerprint density at radius 2 is 0.812 bits per heavy atom. The zero-order valence-corrected chi connectivity index (χ0v) is 50.5. The van der Waals surface area contributed by atoms with E-state index in [0.717, 1.165) is 83.5 Å². The molecule has 3 heterocycles. The van der Waals surface area contributed by atoms with Gasteiger partial charge in [0.15, 0.2) is 18.9 Å². The van der Waals surface area contributed by atoms with E-state index in [4.69, 9.17) is 28.4 Å². The van der Waals surface area contributed by atoms with Crippen molar-refractivity contribution in [3.05, 3.63) is 122 Å². The van der Waals surface area contributed by atoms with Crippen LogP contribution in [0.3, 0.4) is 0 Å². The molecular formula is C66H107NO18. The van der Waals surface area contributed by atoms with E-state index in [1.807, 2.05) is 18.2 Å². The molecule has 0 aromatic heterocycles. The number of carbonyl (C=O) groups excluding carboxylic acids is 1. The van der Waals surface area contributed by atoms with Crippen LogP contribution >= 0.6 is 0 Å². The first kappa shape index (κ1) is 75.4. The summed E-state index contributed by atoms with van der Waals surface area (Å²) in [6.07, 6.45) is 36.2. The summed E-state index contributed by atoms with van der Waals surface area (Å²) in [7, 11) is 0. The second-order valence-corrected chi connectivity index (χ2v) is 21.8. The van der Waals surface area contributed by atoms with Gasteiger partial charge in [0.2, 0.25) is 5.91 Å². The predicted molar refractivity (Wildman–Crippen MR) is 327 cm³/mol. The highest BCUT2D eigenvalue weighted by molar-refractivity contribution is 5.76. The van der Waals surface area contributed by atoms with Crippen LogP contribution in [-0.4, -0.2) is 193 Å². The Bertz CT molecular complexity index is 2020. The number of hydrogen-bond donors (Lipinski definition) is 12. The maximum Gasteiger partial charge on any atom is 0.220 e. The van der Waals surface area contributed by atoms with E-state index in [9.17, 15) is 61.0 Å². The lowest BCUT2D eigenvalue weighted by Gasteiger charge is -2.48. The molecule has 0 aromatic carbocycles. The quantitative estimate of drug-likeness (QED) is 0.0229. The molecule has 17 atom stereocenters. The van der Waals surface area contributed by atoms with Gasteiger partial charge in [-0.05, 0) is 83.5 Å². The van der Waals surface area contributed by atoms with Gasteiger partial charge in [-0.1, -0.05) is 187 Å². The summed E-state index contributed by atoms with van der Waals surface area (Å²) in [5.41, 5.74) is 0. The first-order chi connectivity index (χ1) is 41.3. The van der Waals surface area contributed by atoms with Gasteiger partial charge in [0.25, 0.3) is 0 Å². The highest BCUT2D eigenvalue weighted by Crippen LogP contribution is 2.33. The van der Waals surface area contributed by atoms with E-state index in [2.05, 4.69) is 116 Å². The maximum atomic E-state index is 13.3. The molecule has 0 aromatic rings. The molecule has 17 unspecified atom stereocenters. The van der Waals surface area contributed by atoms with Crippen LogP contribution in [0.25, 0.3) is 0 Å². The summed E-state index contributed by atoms with van der Waals surface area (Å²) >= 11 is 0. The average Bonchev–Trinajstić information content (AvgIpc) is 3.05. The van der Waals surface area contributed by atoms with E-state index in [1.165, 1.54) is 38.5 Å². The standard InChI is InChI=1S/C66H107NO18/c1-3-5-7-9-11-13-15-16-17-18-19-20-21-22-23-24-25-26-27-28-29-30-31-32-34-36-38-40-42-44-54(72)67-49(50(71)43-41-39-37-35-33-14-12-10-8-6-4-2)48-80-64-60(78)57(75)62(52(46-69)82-64)85-66-61(79)58(76)63(53(47-70)83-66)84-65-59(77)56(74)55(73)51(45-68)81-65/h5,7,11,13,16-17,19-20,22-23,25-26,28-29,31-32,36,38,41,43,49-53,55-66,68-71,73-79H,3-4,6,8-10,12,14-15,18,21,24,27,30,33-35,37,39-40,42,44-48H2,1-2H3,(H,67,72)/b7-5-,13-11-,17-16-,20-19-,23-22-,26-25-,29-28-,32-31-,38-36-,43-41+. The zero-order valence-electron chi connectivity index (χ0n) is 50.5. The second kappa shape index (κ2) is 47.2. The highest BCUT2D eigenvalue weighted by atomic mass is 16.8. The summed E-state index contributed by atoms with van der Waals surface area (Å²) in [4.78, 5) is 13.3. The molecule has 0 aliphatic carbocycles. The Morgan fingerprint density at radius 3 is 1.26 bits per heavy atom. The van der Waals surface area contributed by atoms with Gasteiger partial charge in [0.1, 0.15) is 73.2 Å². The van der Waals surface area contributed by atoms with Crippen LogP contribution in [0.15, 0.2) is 122 Å².